The van der Waals surface area contributed by atoms with E-state index in [1.165, 1.54) is 17.8 Å². The van der Waals surface area contributed by atoms with Gasteiger partial charge >= 0.3 is 5.97 Å². The fraction of sp³-hybridized carbons (Fsp3) is 0.615. The van der Waals surface area contributed by atoms with Crippen LogP contribution < -0.4 is 4.74 Å². The molecule has 0 radical (unpaired) electrons. The van der Waals surface area contributed by atoms with E-state index >= 15 is 0 Å². The van der Waals surface area contributed by atoms with Gasteiger partial charge in [0.1, 0.15) is 11.9 Å². The van der Waals surface area contributed by atoms with Gasteiger partial charge in [-0.05, 0) is 30.7 Å². The Morgan fingerprint density at radius 1 is 1.56 bits per heavy atom. The zero-order chi connectivity index (χ0) is 12.6. The third-order valence-electron chi connectivity index (χ3n) is 3.83. The van der Waals surface area contributed by atoms with Crippen LogP contribution in [0, 0.1) is 0 Å². The minimum absolute atomic E-state index is 0.0301. The van der Waals surface area contributed by atoms with E-state index in [1.54, 1.807) is 11.4 Å². The van der Waals surface area contributed by atoms with Gasteiger partial charge in [0, 0.05) is 12.8 Å². The number of hydrogen-bond acceptors (Lipinski definition) is 4. The Balaban J connectivity index is 1.68. The fourth-order valence-electron chi connectivity index (χ4n) is 2.73. The molecule has 1 unspecified atom stereocenters. The lowest BCUT2D eigenvalue weighted by atomic mass is 9.74. The number of aromatic carboxylic acids is 1. The van der Waals surface area contributed by atoms with Crippen molar-refractivity contribution in [2.24, 2.45) is 0 Å². The van der Waals surface area contributed by atoms with Gasteiger partial charge in [-0.25, -0.2) is 4.79 Å². The number of carbonyl (C=O) groups is 1. The summed E-state index contributed by atoms with van der Waals surface area (Å²) in [5.41, 5.74) is 0.0301. The van der Waals surface area contributed by atoms with E-state index in [2.05, 4.69) is 0 Å². The summed E-state index contributed by atoms with van der Waals surface area (Å²) in [6.45, 7) is 0.719. The van der Waals surface area contributed by atoms with Crippen molar-refractivity contribution in [1.29, 1.82) is 0 Å². The lowest BCUT2D eigenvalue weighted by molar-refractivity contribution is -0.153. The lowest BCUT2D eigenvalue weighted by Crippen LogP contribution is -2.48. The molecule has 2 heterocycles. The summed E-state index contributed by atoms with van der Waals surface area (Å²) in [5, 5.41) is 10.8. The van der Waals surface area contributed by atoms with E-state index < -0.39 is 5.97 Å². The molecule has 2 fully saturated rings. The molecule has 1 aromatic heterocycles. The summed E-state index contributed by atoms with van der Waals surface area (Å²) in [6.07, 6.45) is 5.28. The second-order valence-corrected chi connectivity index (χ2v) is 5.95. The van der Waals surface area contributed by atoms with Gasteiger partial charge in [-0.2, -0.15) is 0 Å². The molecule has 18 heavy (non-hydrogen) atoms. The first-order valence-corrected chi connectivity index (χ1v) is 7.18. The monoisotopic (exact) mass is 268 g/mol. The standard InChI is InChI=1S/C13H16O4S/c14-12(15)11-10(3-7-18-11)17-9-2-6-16-13(8-9)4-1-5-13/h3,7,9H,1-2,4-6,8H2,(H,14,15). The van der Waals surface area contributed by atoms with E-state index in [0.29, 0.717) is 10.6 Å². The molecule has 0 aromatic carbocycles. The van der Waals surface area contributed by atoms with E-state index in [-0.39, 0.29) is 11.7 Å². The minimum Gasteiger partial charge on any atom is -0.488 e. The van der Waals surface area contributed by atoms with E-state index in [4.69, 9.17) is 14.6 Å². The molecule has 1 atom stereocenters. The molecule has 1 saturated heterocycles. The van der Waals surface area contributed by atoms with Crippen molar-refractivity contribution in [2.75, 3.05) is 6.61 Å². The Morgan fingerprint density at radius 2 is 2.39 bits per heavy atom. The molecule has 0 bridgehead atoms. The molecule has 1 saturated carbocycles. The Kier molecular flexibility index (Phi) is 3.03. The highest BCUT2D eigenvalue weighted by Crippen LogP contribution is 2.43. The van der Waals surface area contributed by atoms with Crippen LogP contribution in [-0.2, 0) is 4.74 Å². The van der Waals surface area contributed by atoms with Gasteiger partial charge in [-0.3, -0.25) is 0 Å². The van der Waals surface area contributed by atoms with Crippen molar-refractivity contribution >= 4 is 17.3 Å². The SMILES string of the molecule is O=C(O)c1sccc1OC1CCOC2(CCC2)C1. The summed E-state index contributed by atoms with van der Waals surface area (Å²) < 4.78 is 11.7. The first-order chi connectivity index (χ1) is 8.69. The Labute approximate surface area is 110 Å². The van der Waals surface area contributed by atoms with Gasteiger partial charge in [-0.1, -0.05) is 0 Å². The van der Waals surface area contributed by atoms with Crippen LogP contribution in [0.2, 0.25) is 0 Å². The minimum atomic E-state index is -0.912. The van der Waals surface area contributed by atoms with Gasteiger partial charge in [0.25, 0.3) is 0 Å². The topological polar surface area (TPSA) is 55.8 Å². The van der Waals surface area contributed by atoms with Crippen LogP contribution in [0.5, 0.6) is 5.75 Å². The number of rotatable bonds is 3. The van der Waals surface area contributed by atoms with Crippen molar-refractivity contribution < 1.29 is 19.4 Å². The maximum absolute atomic E-state index is 11.0. The second-order valence-electron chi connectivity index (χ2n) is 5.04. The molecule has 1 spiro atoms. The van der Waals surface area contributed by atoms with Crippen LogP contribution in [0.1, 0.15) is 41.8 Å². The number of carboxylic acid groups (broad SMARTS) is 1. The van der Waals surface area contributed by atoms with Crippen LogP contribution in [0.15, 0.2) is 11.4 Å². The highest BCUT2D eigenvalue weighted by atomic mass is 32.1. The molecule has 0 amide bonds. The first kappa shape index (κ1) is 12.0. The van der Waals surface area contributed by atoms with E-state index in [9.17, 15) is 4.79 Å². The summed E-state index contributed by atoms with van der Waals surface area (Å²) in [4.78, 5) is 11.3. The van der Waals surface area contributed by atoms with Gasteiger partial charge in [0.2, 0.25) is 0 Å². The Morgan fingerprint density at radius 3 is 3.06 bits per heavy atom. The second kappa shape index (κ2) is 4.55. The van der Waals surface area contributed by atoms with Gasteiger partial charge < -0.3 is 14.6 Å². The van der Waals surface area contributed by atoms with Crippen LogP contribution in [-0.4, -0.2) is 29.4 Å². The molecule has 98 valence electrons. The van der Waals surface area contributed by atoms with Gasteiger partial charge in [0.05, 0.1) is 12.2 Å². The molecule has 4 nitrogen and oxygen atoms in total. The Hall–Kier alpha value is -1.07. The molecule has 1 aromatic rings. The molecule has 1 N–H and O–H groups in total. The summed E-state index contributed by atoms with van der Waals surface area (Å²) >= 11 is 1.21. The maximum Gasteiger partial charge on any atom is 0.349 e. The highest BCUT2D eigenvalue weighted by molar-refractivity contribution is 7.12. The van der Waals surface area contributed by atoms with E-state index in [0.717, 1.165) is 32.3 Å². The third-order valence-corrected chi connectivity index (χ3v) is 4.71. The number of hydrogen-bond donors (Lipinski definition) is 1. The van der Waals surface area contributed by atoms with Crippen molar-refractivity contribution in [3.63, 3.8) is 0 Å². The quantitative estimate of drug-likeness (QED) is 0.915. The summed E-state index contributed by atoms with van der Waals surface area (Å²) in [6, 6.07) is 1.75. The van der Waals surface area contributed by atoms with E-state index in [1.807, 2.05) is 0 Å². The van der Waals surface area contributed by atoms with Crippen LogP contribution in [0.25, 0.3) is 0 Å². The summed E-state index contributed by atoms with van der Waals surface area (Å²) in [7, 11) is 0. The predicted molar refractivity (Wildman–Crippen MR) is 67.5 cm³/mol. The molecule has 1 aliphatic heterocycles. The highest BCUT2D eigenvalue weighted by Gasteiger charge is 2.43. The molecule has 3 rings (SSSR count). The Bertz CT molecular complexity index is 450. The molecular formula is C13H16O4S. The average Bonchev–Trinajstić information content (AvgIpc) is 2.75. The van der Waals surface area contributed by atoms with Gasteiger partial charge in [-0.15, -0.1) is 11.3 Å². The zero-order valence-electron chi connectivity index (χ0n) is 10.1. The number of thiophene rings is 1. The maximum atomic E-state index is 11.0. The van der Waals surface area contributed by atoms with Crippen molar-refractivity contribution in [3.05, 3.63) is 16.3 Å². The van der Waals surface area contributed by atoms with Gasteiger partial charge in [0.15, 0.2) is 4.88 Å². The number of carboxylic acids is 1. The number of ether oxygens (including phenoxy) is 2. The molecule has 2 aliphatic rings. The third kappa shape index (κ3) is 2.12. The molecular weight excluding hydrogens is 252 g/mol. The van der Waals surface area contributed by atoms with Crippen molar-refractivity contribution in [3.8, 4) is 5.75 Å². The predicted octanol–water partition coefficient (Wildman–Crippen LogP) is 2.93. The average molecular weight is 268 g/mol. The lowest BCUT2D eigenvalue weighted by Gasteiger charge is -2.46. The van der Waals surface area contributed by atoms with Crippen molar-refractivity contribution in [1.82, 2.24) is 0 Å². The normalized spacial score (nSPS) is 25.7. The first-order valence-electron chi connectivity index (χ1n) is 6.30. The van der Waals surface area contributed by atoms with Crippen LogP contribution >= 0.6 is 11.3 Å². The molecule has 5 heteroatoms. The largest absolute Gasteiger partial charge is 0.488 e. The van der Waals surface area contributed by atoms with Crippen molar-refractivity contribution in [2.45, 2.75) is 43.8 Å². The van der Waals surface area contributed by atoms with Crippen LogP contribution in [0.3, 0.4) is 0 Å². The molecule has 1 aliphatic carbocycles. The zero-order valence-corrected chi connectivity index (χ0v) is 10.9. The summed E-state index contributed by atoms with van der Waals surface area (Å²) in [5.74, 6) is -0.403. The van der Waals surface area contributed by atoms with Crippen LogP contribution in [0.4, 0.5) is 0 Å². The smallest absolute Gasteiger partial charge is 0.349 e. The fourth-order valence-corrected chi connectivity index (χ4v) is 3.39.